The number of alkyl halides is 3. The summed E-state index contributed by atoms with van der Waals surface area (Å²) < 4.78 is 46.1. The van der Waals surface area contributed by atoms with Crippen molar-refractivity contribution in [2.24, 2.45) is 5.73 Å². The third kappa shape index (κ3) is 4.78. The first kappa shape index (κ1) is 16.4. The lowest BCUT2D eigenvalue weighted by molar-refractivity contribution is -0.174. The molecule has 0 saturated heterocycles. The first-order valence-corrected chi connectivity index (χ1v) is 5.83. The molecule has 0 radical (unpaired) electrons. The van der Waals surface area contributed by atoms with Gasteiger partial charge in [0.05, 0.1) is 25.5 Å². The molecule has 0 aromatic carbocycles. The molecule has 1 heterocycles. The Labute approximate surface area is 112 Å². The maximum atomic E-state index is 11.9. The van der Waals surface area contributed by atoms with Gasteiger partial charge in [0.1, 0.15) is 6.61 Å². The maximum Gasteiger partial charge on any atom is 0.411 e. The monoisotopic (exact) mass is 296 g/mol. The van der Waals surface area contributed by atoms with Crippen molar-refractivity contribution in [2.75, 3.05) is 19.8 Å². The van der Waals surface area contributed by atoms with Crippen LogP contribution < -0.4 is 5.73 Å². The lowest BCUT2D eigenvalue weighted by atomic mass is 10.3. The number of carbonyl (C=O) groups is 1. The second-order valence-corrected chi connectivity index (χ2v) is 3.70. The van der Waals surface area contributed by atoms with Gasteiger partial charge in [-0.1, -0.05) is 5.21 Å². The SMILES string of the molecule is CCOC(=O)c1nnn(CCOCC(F)(F)F)c1CN. The van der Waals surface area contributed by atoms with Crippen molar-refractivity contribution in [3.05, 3.63) is 11.4 Å². The highest BCUT2D eigenvalue weighted by atomic mass is 19.4. The van der Waals surface area contributed by atoms with Crippen LogP contribution in [0.3, 0.4) is 0 Å². The highest BCUT2D eigenvalue weighted by Gasteiger charge is 2.27. The van der Waals surface area contributed by atoms with Crippen LogP contribution in [0.2, 0.25) is 0 Å². The van der Waals surface area contributed by atoms with Crippen molar-refractivity contribution < 1.29 is 27.4 Å². The summed E-state index contributed by atoms with van der Waals surface area (Å²) in [5.41, 5.74) is 5.73. The van der Waals surface area contributed by atoms with Crippen LogP contribution in [0.4, 0.5) is 13.2 Å². The highest BCUT2D eigenvalue weighted by molar-refractivity contribution is 5.88. The Kier molecular flexibility index (Phi) is 5.89. The van der Waals surface area contributed by atoms with Gasteiger partial charge in [0.2, 0.25) is 0 Å². The zero-order chi connectivity index (χ0) is 15.2. The van der Waals surface area contributed by atoms with Crippen LogP contribution in [0.5, 0.6) is 0 Å². The van der Waals surface area contributed by atoms with Crippen LogP contribution in [0.15, 0.2) is 0 Å². The third-order valence-corrected chi connectivity index (χ3v) is 2.21. The van der Waals surface area contributed by atoms with Crippen molar-refractivity contribution in [2.45, 2.75) is 26.2 Å². The number of carbonyl (C=O) groups excluding carboxylic acids is 1. The van der Waals surface area contributed by atoms with Gasteiger partial charge in [-0.15, -0.1) is 5.10 Å². The molecular formula is C10H15F3N4O3. The minimum atomic E-state index is -4.38. The fraction of sp³-hybridized carbons (Fsp3) is 0.700. The van der Waals surface area contributed by atoms with Gasteiger partial charge >= 0.3 is 12.1 Å². The number of aromatic nitrogens is 3. The molecule has 114 valence electrons. The molecule has 0 bridgehead atoms. The van der Waals surface area contributed by atoms with Crippen molar-refractivity contribution in [3.63, 3.8) is 0 Å². The molecule has 2 N–H and O–H groups in total. The molecule has 1 aromatic heterocycles. The number of nitrogens with zero attached hydrogens (tertiary/aromatic N) is 3. The van der Waals surface area contributed by atoms with E-state index < -0.39 is 18.8 Å². The van der Waals surface area contributed by atoms with E-state index in [0.717, 1.165) is 0 Å². The molecule has 7 nitrogen and oxygen atoms in total. The van der Waals surface area contributed by atoms with E-state index in [9.17, 15) is 18.0 Å². The molecule has 0 spiro atoms. The van der Waals surface area contributed by atoms with Gasteiger partial charge in [-0.3, -0.25) is 0 Å². The molecule has 0 amide bonds. The van der Waals surface area contributed by atoms with E-state index in [2.05, 4.69) is 15.0 Å². The van der Waals surface area contributed by atoms with Crippen molar-refractivity contribution in [1.82, 2.24) is 15.0 Å². The highest BCUT2D eigenvalue weighted by Crippen LogP contribution is 2.14. The van der Waals surface area contributed by atoms with Crippen LogP contribution in [-0.4, -0.2) is 47.0 Å². The van der Waals surface area contributed by atoms with Crippen LogP contribution >= 0.6 is 0 Å². The number of nitrogens with two attached hydrogens (primary N) is 1. The number of esters is 1. The first-order chi connectivity index (χ1) is 9.39. The van der Waals surface area contributed by atoms with E-state index in [4.69, 9.17) is 10.5 Å². The fourth-order valence-corrected chi connectivity index (χ4v) is 1.41. The molecule has 0 unspecified atom stereocenters. The van der Waals surface area contributed by atoms with E-state index in [-0.39, 0.29) is 32.0 Å². The largest absolute Gasteiger partial charge is 0.461 e. The number of hydrogen-bond donors (Lipinski definition) is 1. The summed E-state index contributed by atoms with van der Waals surface area (Å²) in [6.45, 7) is 0.206. The summed E-state index contributed by atoms with van der Waals surface area (Å²) >= 11 is 0. The zero-order valence-electron chi connectivity index (χ0n) is 10.8. The number of halogens is 3. The Bertz CT molecular complexity index is 447. The second kappa shape index (κ2) is 7.20. The Morgan fingerprint density at radius 1 is 1.45 bits per heavy atom. The van der Waals surface area contributed by atoms with E-state index >= 15 is 0 Å². The third-order valence-electron chi connectivity index (χ3n) is 2.21. The number of rotatable bonds is 7. The molecule has 0 atom stereocenters. The molecule has 0 aliphatic rings. The maximum absolute atomic E-state index is 11.9. The Hall–Kier alpha value is -1.68. The van der Waals surface area contributed by atoms with E-state index in [1.54, 1.807) is 6.92 Å². The molecule has 20 heavy (non-hydrogen) atoms. The molecule has 0 fully saturated rings. The molecule has 1 rings (SSSR count). The van der Waals surface area contributed by atoms with Crippen LogP contribution in [0.25, 0.3) is 0 Å². The van der Waals surface area contributed by atoms with Gasteiger partial charge in [0.15, 0.2) is 5.69 Å². The van der Waals surface area contributed by atoms with E-state index in [1.807, 2.05) is 0 Å². The van der Waals surface area contributed by atoms with Gasteiger partial charge in [-0.05, 0) is 6.92 Å². The fourth-order valence-electron chi connectivity index (χ4n) is 1.41. The van der Waals surface area contributed by atoms with Crippen molar-refractivity contribution >= 4 is 5.97 Å². The summed E-state index contributed by atoms with van der Waals surface area (Å²) in [5.74, 6) is -0.671. The molecule has 1 aromatic rings. The molecule has 0 aliphatic heterocycles. The van der Waals surface area contributed by atoms with Crippen molar-refractivity contribution in [3.8, 4) is 0 Å². The predicted octanol–water partition coefficient (Wildman–Crippen LogP) is 0.492. The van der Waals surface area contributed by atoms with Crippen LogP contribution in [0.1, 0.15) is 23.1 Å². The Morgan fingerprint density at radius 3 is 2.70 bits per heavy atom. The standard InChI is InChI=1S/C10H15F3N4O3/c1-2-20-9(18)8-7(5-14)17(16-15-8)3-4-19-6-10(11,12)13/h2-6,14H2,1H3. The minimum Gasteiger partial charge on any atom is -0.461 e. The Morgan fingerprint density at radius 2 is 2.15 bits per heavy atom. The van der Waals surface area contributed by atoms with E-state index in [1.165, 1.54) is 4.68 Å². The molecule has 0 saturated carbocycles. The second-order valence-electron chi connectivity index (χ2n) is 3.70. The predicted molar refractivity (Wildman–Crippen MR) is 60.7 cm³/mol. The van der Waals surface area contributed by atoms with Crippen LogP contribution in [-0.2, 0) is 22.6 Å². The van der Waals surface area contributed by atoms with E-state index in [0.29, 0.717) is 5.69 Å². The Balaban J connectivity index is 2.60. The number of hydrogen-bond acceptors (Lipinski definition) is 6. The van der Waals surface area contributed by atoms with Gasteiger partial charge in [-0.25, -0.2) is 9.48 Å². The summed E-state index contributed by atoms with van der Waals surface area (Å²) in [6, 6.07) is 0. The van der Waals surface area contributed by atoms with Gasteiger partial charge in [-0.2, -0.15) is 13.2 Å². The molecule has 0 aliphatic carbocycles. The average Bonchev–Trinajstić information content (AvgIpc) is 2.76. The quantitative estimate of drug-likeness (QED) is 0.581. The van der Waals surface area contributed by atoms with Gasteiger partial charge in [0.25, 0.3) is 0 Å². The topological polar surface area (TPSA) is 92.3 Å². The number of ether oxygens (including phenoxy) is 2. The molecular weight excluding hydrogens is 281 g/mol. The van der Waals surface area contributed by atoms with Gasteiger partial charge in [0, 0.05) is 6.54 Å². The average molecular weight is 296 g/mol. The summed E-state index contributed by atoms with van der Waals surface area (Å²) in [6.07, 6.45) is -4.38. The zero-order valence-corrected chi connectivity index (χ0v) is 10.8. The minimum absolute atomic E-state index is 0.00895. The first-order valence-electron chi connectivity index (χ1n) is 5.83. The summed E-state index contributed by atoms with van der Waals surface area (Å²) in [7, 11) is 0. The van der Waals surface area contributed by atoms with Crippen LogP contribution in [0, 0.1) is 0 Å². The normalized spacial score (nSPS) is 11.7. The lowest BCUT2D eigenvalue weighted by Crippen LogP contribution is -2.20. The van der Waals surface area contributed by atoms with Gasteiger partial charge < -0.3 is 15.2 Å². The smallest absolute Gasteiger partial charge is 0.411 e. The lowest BCUT2D eigenvalue weighted by Gasteiger charge is -2.08. The van der Waals surface area contributed by atoms with Crippen molar-refractivity contribution in [1.29, 1.82) is 0 Å². The summed E-state index contributed by atoms with van der Waals surface area (Å²) in [4.78, 5) is 11.5. The molecule has 10 heteroatoms. The summed E-state index contributed by atoms with van der Waals surface area (Å²) in [5, 5.41) is 7.26.